The second-order valence-corrected chi connectivity index (χ2v) is 4.44. The molecule has 0 amide bonds. The van der Waals surface area contributed by atoms with Gasteiger partial charge < -0.3 is 5.32 Å². The first-order chi connectivity index (χ1) is 5.81. The van der Waals surface area contributed by atoms with Gasteiger partial charge in [0, 0.05) is 5.54 Å². The third kappa shape index (κ3) is 1.80. The molecule has 2 heteroatoms. The molecular formula is C10H20N2. The van der Waals surface area contributed by atoms with Gasteiger partial charge in [0.25, 0.3) is 0 Å². The number of nitrogens with one attached hydrogen (secondary N) is 1. The van der Waals surface area contributed by atoms with Gasteiger partial charge in [-0.2, -0.15) is 0 Å². The molecule has 0 bridgehead atoms. The number of nitrogens with zero attached hydrogens (tertiary/aromatic N) is 1. The molecule has 0 radical (unpaired) electrons. The van der Waals surface area contributed by atoms with Gasteiger partial charge in [0.1, 0.15) is 0 Å². The Kier molecular flexibility index (Phi) is 2.37. The van der Waals surface area contributed by atoms with Crippen molar-refractivity contribution in [1.82, 2.24) is 10.2 Å². The van der Waals surface area contributed by atoms with Gasteiger partial charge >= 0.3 is 0 Å². The Hall–Kier alpha value is -0.0800. The van der Waals surface area contributed by atoms with Crippen LogP contribution in [0.3, 0.4) is 0 Å². The van der Waals surface area contributed by atoms with Gasteiger partial charge in [-0.25, -0.2) is 0 Å². The van der Waals surface area contributed by atoms with Crippen molar-refractivity contribution in [3.8, 4) is 0 Å². The maximum atomic E-state index is 3.45. The van der Waals surface area contributed by atoms with Crippen LogP contribution in [0, 0.1) is 0 Å². The standard InChI is InChI=1S/C10H20N2/c1-10(4-5-10)12-8-2-6-11-7-3-9-12/h11H,2-9H2,1H3. The molecule has 0 atom stereocenters. The van der Waals surface area contributed by atoms with Gasteiger partial charge in [-0.15, -0.1) is 0 Å². The fraction of sp³-hybridized carbons (Fsp3) is 1.00. The molecule has 1 saturated heterocycles. The summed E-state index contributed by atoms with van der Waals surface area (Å²) in [5.41, 5.74) is 0.608. The van der Waals surface area contributed by atoms with Crippen LogP contribution in [0.4, 0.5) is 0 Å². The van der Waals surface area contributed by atoms with Crippen LogP contribution < -0.4 is 5.32 Å². The van der Waals surface area contributed by atoms with E-state index in [1.165, 1.54) is 51.9 Å². The van der Waals surface area contributed by atoms with Gasteiger partial charge in [0.05, 0.1) is 0 Å². The molecule has 1 heterocycles. The Bertz CT molecular complexity index is 144. The van der Waals surface area contributed by atoms with E-state index in [9.17, 15) is 0 Å². The fourth-order valence-corrected chi connectivity index (χ4v) is 2.06. The number of hydrogen-bond donors (Lipinski definition) is 1. The van der Waals surface area contributed by atoms with Gasteiger partial charge in [0.2, 0.25) is 0 Å². The molecule has 1 aliphatic carbocycles. The van der Waals surface area contributed by atoms with Crippen molar-refractivity contribution < 1.29 is 0 Å². The third-order valence-corrected chi connectivity index (χ3v) is 3.30. The zero-order valence-electron chi connectivity index (χ0n) is 8.10. The van der Waals surface area contributed by atoms with Crippen molar-refractivity contribution >= 4 is 0 Å². The van der Waals surface area contributed by atoms with Crippen molar-refractivity contribution in [2.45, 2.75) is 38.1 Å². The Morgan fingerprint density at radius 2 is 1.67 bits per heavy atom. The maximum Gasteiger partial charge on any atom is 0.0182 e. The van der Waals surface area contributed by atoms with E-state index in [4.69, 9.17) is 0 Å². The predicted octanol–water partition coefficient (Wildman–Crippen LogP) is 1.22. The van der Waals surface area contributed by atoms with Gasteiger partial charge in [-0.05, 0) is 58.8 Å². The summed E-state index contributed by atoms with van der Waals surface area (Å²) in [5.74, 6) is 0. The largest absolute Gasteiger partial charge is 0.317 e. The van der Waals surface area contributed by atoms with E-state index in [0.29, 0.717) is 5.54 Å². The van der Waals surface area contributed by atoms with E-state index in [1.54, 1.807) is 0 Å². The lowest BCUT2D eigenvalue weighted by Crippen LogP contribution is -2.40. The second kappa shape index (κ2) is 3.35. The number of rotatable bonds is 1. The summed E-state index contributed by atoms with van der Waals surface area (Å²) in [5, 5.41) is 3.45. The summed E-state index contributed by atoms with van der Waals surface area (Å²) in [7, 11) is 0. The molecule has 0 aromatic rings. The van der Waals surface area contributed by atoms with Crippen molar-refractivity contribution in [3.05, 3.63) is 0 Å². The summed E-state index contributed by atoms with van der Waals surface area (Å²) in [6.45, 7) is 7.47. The first kappa shape index (κ1) is 8.52. The van der Waals surface area contributed by atoms with Crippen LogP contribution in [0.5, 0.6) is 0 Å². The monoisotopic (exact) mass is 168 g/mol. The summed E-state index contributed by atoms with van der Waals surface area (Å²) in [6, 6.07) is 0. The molecule has 1 N–H and O–H groups in total. The van der Waals surface area contributed by atoms with Crippen molar-refractivity contribution in [2.75, 3.05) is 26.2 Å². The van der Waals surface area contributed by atoms with Gasteiger partial charge in [-0.3, -0.25) is 4.90 Å². The minimum Gasteiger partial charge on any atom is -0.317 e. The quantitative estimate of drug-likeness (QED) is 0.633. The molecular weight excluding hydrogens is 148 g/mol. The highest BCUT2D eigenvalue weighted by Crippen LogP contribution is 2.41. The van der Waals surface area contributed by atoms with Gasteiger partial charge in [0.15, 0.2) is 0 Å². The highest BCUT2D eigenvalue weighted by Gasteiger charge is 2.42. The van der Waals surface area contributed by atoms with E-state index in [2.05, 4.69) is 17.1 Å². The van der Waals surface area contributed by atoms with E-state index >= 15 is 0 Å². The average Bonchev–Trinajstić information content (AvgIpc) is 2.67. The Morgan fingerprint density at radius 3 is 2.17 bits per heavy atom. The molecule has 2 fully saturated rings. The topological polar surface area (TPSA) is 15.3 Å². The third-order valence-electron chi connectivity index (χ3n) is 3.30. The highest BCUT2D eigenvalue weighted by atomic mass is 15.2. The van der Waals surface area contributed by atoms with Crippen LogP contribution in [0.15, 0.2) is 0 Å². The average molecular weight is 168 g/mol. The van der Waals surface area contributed by atoms with Crippen LogP contribution in [-0.4, -0.2) is 36.6 Å². The van der Waals surface area contributed by atoms with E-state index < -0.39 is 0 Å². The van der Waals surface area contributed by atoms with Crippen LogP contribution >= 0.6 is 0 Å². The molecule has 0 aromatic carbocycles. The molecule has 0 spiro atoms. The normalized spacial score (nSPS) is 30.8. The molecule has 2 nitrogen and oxygen atoms in total. The summed E-state index contributed by atoms with van der Waals surface area (Å²) in [4.78, 5) is 2.70. The number of hydrogen-bond acceptors (Lipinski definition) is 2. The zero-order valence-corrected chi connectivity index (χ0v) is 8.10. The maximum absolute atomic E-state index is 3.45. The van der Waals surface area contributed by atoms with Gasteiger partial charge in [-0.1, -0.05) is 0 Å². The highest BCUT2D eigenvalue weighted by molar-refractivity contribution is 4.99. The minimum absolute atomic E-state index is 0.608. The lowest BCUT2D eigenvalue weighted by Gasteiger charge is -2.30. The van der Waals surface area contributed by atoms with E-state index in [-0.39, 0.29) is 0 Å². The molecule has 12 heavy (non-hydrogen) atoms. The summed E-state index contributed by atoms with van der Waals surface area (Å²) >= 11 is 0. The lowest BCUT2D eigenvalue weighted by molar-refractivity contribution is 0.177. The molecule has 0 unspecified atom stereocenters. The second-order valence-electron chi connectivity index (χ2n) is 4.44. The summed E-state index contributed by atoms with van der Waals surface area (Å²) in [6.07, 6.45) is 5.52. The Labute approximate surface area is 75.3 Å². The van der Waals surface area contributed by atoms with E-state index in [0.717, 1.165) is 0 Å². The lowest BCUT2D eigenvalue weighted by atomic mass is 10.2. The molecule has 0 aromatic heterocycles. The smallest absolute Gasteiger partial charge is 0.0182 e. The van der Waals surface area contributed by atoms with Crippen molar-refractivity contribution in [1.29, 1.82) is 0 Å². The predicted molar refractivity (Wildman–Crippen MR) is 51.3 cm³/mol. The molecule has 1 saturated carbocycles. The molecule has 1 aliphatic heterocycles. The fourth-order valence-electron chi connectivity index (χ4n) is 2.06. The Morgan fingerprint density at radius 1 is 1.08 bits per heavy atom. The first-order valence-electron chi connectivity index (χ1n) is 5.27. The van der Waals surface area contributed by atoms with Crippen LogP contribution in [0.25, 0.3) is 0 Å². The van der Waals surface area contributed by atoms with Crippen LogP contribution in [0.2, 0.25) is 0 Å². The van der Waals surface area contributed by atoms with Crippen molar-refractivity contribution in [2.24, 2.45) is 0 Å². The first-order valence-corrected chi connectivity index (χ1v) is 5.27. The van der Waals surface area contributed by atoms with Crippen molar-refractivity contribution in [3.63, 3.8) is 0 Å². The molecule has 2 aliphatic rings. The molecule has 70 valence electrons. The summed E-state index contributed by atoms with van der Waals surface area (Å²) < 4.78 is 0. The zero-order chi connectivity index (χ0) is 8.44. The van der Waals surface area contributed by atoms with Crippen LogP contribution in [0.1, 0.15) is 32.6 Å². The Balaban J connectivity index is 1.85. The van der Waals surface area contributed by atoms with Crippen LogP contribution in [-0.2, 0) is 0 Å². The molecule has 2 rings (SSSR count). The minimum atomic E-state index is 0.608. The SMILES string of the molecule is CC1(N2CCCNCCC2)CC1. The van der Waals surface area contributed by atoms with E-state index in [1.807, 2.05) is 0 Å².